The fourth-order valence-electron chi connectivity index (χ4n) is 5.31. The molecule has 6 nitrogen and oxygen atoms in total. The third kappa shape index (κ3) is 8.68. The van der Waals surface area contributed by atoms with Crippen LogP contribution < -0.4 is 11.1 Å². The Balaban J connectivity index is 1.85. The maximum absolute atomic E-state index is 13.9. The first-order valence-corrected chi connectivity index (χ1v) is 15.3. The summed E-state index contributed by atoms with van der Waals surface area (Å²) >= 11 is 0. The largest absolute Gasteiger partial charge is 0.433 e. The van der Waals surface area contributed by atoms with Gasteiger partial charge in [0.15, 0.2) is 5.82 Å². The van der Waals surface area contributed by atoms with Gasteiger partial charge in [-0.3, -0.25) is 4.98 Å². The van der Waals surface area contributed by atoms with E-state index in [0.717, 1.165) is 69.7 Å². The number of rotatable bonds is 14. The molecule has 4 aromatic rings. The van der Waals surface area contributed by atoms with Gasteiger partial charge < -0.3 is 11.1 Å². The van der Waals surface area contributed by atoms with E-state index in [1.54, 1.807) is 6.07 Å². The summed E-state index contributed by atoms with van der Waals surface area (Å²) in [5, 5.41) is 3.50. The van der Waals surface area contributed by atoms with Crippen LogP contribution in [0.1, 0.15) is 95.1 Å². The smallest absolute Gasteiger partial charge is 0.338 e. The monoisotopic (exact) mass is 632 g/mol. The third-order valence-corrected chi connectivity index (χ3v) is 7.80. The lowest BCUT2D eigenvalue weighted by Crippen LogP contribution is -2.39. The molecule has 12 heteroatoms. The first kappa shape index (κ1) is 34.1. The van der Waals surface area contributed by atoms with E-state index in [1.807, 2.05) is 0 Å². The minimum absolute atomic E-state index is 0.204. The minimum atomic E-state index is -4.62. The number of nitrogens with one attached hydrogen (secondary N) is 1. The van der Waals surface area contributed by atoms with Crippen molar-refractivity contribution in [3.8, 4) is 11.3 Å². The van der Waals surface area contributed by atoms with Crippen molar-refractivity contribution in [2.75, 3.05) is 5.32 Å². The Morgan fingerprint density at radius 1 is 0.756 bits per heavy atom. The van der Waals surface area contributed by atoms with Crippen LogP contribution >= 0.6 is 0 Å². The molecule has 0 fully saturated rings. The van der Waals surface area contributed by atoms with Gasteiger partial charge in [-0.1, -0.05) is 71.3 Å². The number of pyridine rings is 2. The zero-order valence-corrected chi connectivity index (χ0v) is 25.4. The average Bonchev–Trinajstić information content (AvgIpc) is 3.00. The van der Waals surface area contributed by atoms with Gasteiger partial charge >= 0.3 is 12.4 Å². The maximum Gasteiger partial charge on any atom is 0.433 e. The van der Waals surface area contributed by atoms with Crippen LogP contribution in [0.2, 0.25) is 0 Å². The van der Waals surface area contributed by atoms with Crippen LogP contribution in [0.5, 0.6) is 0 Å². The fraction of sp³-hybridized carbons (Fsp3) is 0.455. The molecular weight excluding hydrogens is 594 g/mol. The van der Waals surface area contributed by atoms with Crippen LogP contribution in [-0.2, 0) is 17.9 Å². The summed E-state index contributed by atoms with van der Waals surface area (Å²) in [7, 11) is 0. The van der Waals surface area contributed by atoms with Crippen molar-refractivity contribution in [2.24, 2.45) is 5.73 Å². The van der Waals surface area contributed by atoms with Crippen LogP contribution in [0, 0.1) is 0 Å². The Kier molecular flexibility index (Phi) is 11.0. The molecule has 0 bridgehead atoms. The summed E-state index contributed by atoms with van der Waals surface area (Å²) in [6.07, 6.45) is 2.16. The summed E-state index contributed by atoms with van der Waals surface area (Å²) in [5.74, 6) is 0.580. The van der Waals surface area contributed by atoms with Gasteiger partial charge in [-0.05, 0) is 49.2 Å². The number of nitrogens with zero attached hydrogens (tertiary/aromatic N) is 4. The van der Waals surface area contributed by atoms with E-state index in [0.29, 0.717) is 29.6 Å². The summed E-state index contributed by atoms with van der Waals surface area (Å²) in [4.78, 5) is 17.2. The second-order valence-corrected chi connectivity index (χ2v) is 11.4. The van der Waals surface area contributed by atoms with E-state index >= 15 is 0 Å². The Morgan fingerprint density at radius 3 is 2.02 bits per heavy atom. The number of aromatic nitrogens is 4. The normalized spacial score (nSPS) is 12.6. The van der Waals surface area contributed by atoms with Gasteiger partial charge in [0, 0.05) is 17.1 Å². The van der Waals surface area contributed by atoms with E-state index in [-0.39, 0.29) is 22.8 Å². The molecule has 1 aromatic carbocycles. The molecule has 0 radical (unpaired) electrons. The first-order chi connectivity index (χ1) is 21.4. The highest BCUT2D eigenvalue weighted by molar-refractivity contribution is 5.93. The molecule has 3 heterocycles. The van der Waals surface area contributed by atoms with Gasteiger partial charge in [0.25, 0.3) is 0 Å². The highest BCUT2D eigenvalue weighted by atomic mass is 19.4. The molecule has 45 heavy (non-hydrogen) atoms. The van der Waals surface area contributed by atoms with Crippen molar-refractivity contribution in [3.63, 3.8) is 0 Å². The predicted octanol–water partition coefficient (Wildman–Crippen LogP) is 9.96. The van der Waals surface area contributed by atoms with Gasteiger partial charge in [-0.25, -0.2) is 15.0 Å². The van der Waals surface area contributed by atoms with E-state index < -0.39 is 29.1 Å². The Hall–Kier alpha value is -3.80. The molecule has 3 N–H and O–H groups in total. The number of alkyl halides is 6. The fourth-order valence-corrected chi connectivity index (χ4v) is 5.31. The van der Waals surface area contributed by atoms with Crippen LogP contribution in [0.3, 0.4) is 0 Å². The van der Waals surface area contributed by atoms with Crippen LogP contribution in [0.4, 0.5) is 37.8 Å². The minimum Gasteiger partial charge on any atom is -0.338 e. The second kappa shape index (κ2) is 14.5. The van der Waals surface area contributed by atoms with Crippen LogP contribution in [0.15, 0.2) is 54.9 Å². The number of hydrogen-bond donors (Lipinski definition) is 2. The molecule has 0 saturated carbocycles. The van der Waals surface area contributed by atoms with Crippen molar-refractivity contribution in [2.45, 2.75) is 95.9 Å². The van der Waals surface area contributed by atoms with Crippen molar-refractivity contribution in [3.05, 3.63) is 71.9 Å². The molecular formula is C33H38F6N6. The summed E-state index contributed by atoms with van der Waals surface area (Å²) in [6.45, 7) is 4.23. The molecule has 4 rings (SSSR count). The first-order valence-electron chi connectivity index (χ1n) is 15.3. The zero-order valence-electron chi connectivity index (χ0n) is 25.4. The molecule has 0 saturated heterocycles. The van der Waals surface area contributed by atoms with Gasteiger partial charge in [0.2, 0.25) is 0 Å². The molecule has 0 atom stereocenters. The number of nitrogens with two attached hydrogens (primary N) is 1. The number of halogens is 6. The van der Waals surface area contributed by atoms with Crippen molar-refractivity contribution in [1.29, 1.82) is 0 Å². The van der Waals surface area contributed by atoms with E-state index in [1.165, 1.54) is 30.5 Å². The lowest BCUT2D eigenvalue weighted by Gasteiger charge is -2.29. The number of hydrogen-bond acceptors (Lipinski definition) is 6. The number of anilines is 2. The summed E-state index contributed by atoms with van der Waals surface area (Å²) in [6, 6.07) is 8.89. The zero-order chi connectivity index (χ0) is 32.7. The average molecular weight is 633 g/mol. The number of unbranched alkanes of at least 4 members (excludes halogenated alkanes) is 6. The van der Waals surface area contributed by atoms with Crippen molar-refractivity contribution < 1.29 is 26.3 Å². The molecule has 242 valence electrons. The summed E-state index contributed by atoms with van der Waals surface area (Å²) < 4.78 is 80.9. The number of fused-ring (bicyclic) bond motifs is 1. The molecule has 0 aliphatic carbocycles. The second-order valence-electron chi connectivity index (χ2n) is 11.4. The van der Waals surface area contributed by atoms with Crippen molar-refractivity contribution >= 4 is 22.4 Å². The van der Waals surface area contributed by atoms with Gasteiger partial charge in [0.1, 0.15) is 11.5 Å². The maximum atomic E-state index is 13.9. The molecule has 0 aliphatic heterocycles. The van der Waals surface area contributed by atoms with Crippen molar-refractivity contribution in [1.82, 2.24) is 19.9 Å². The highest BCUT2D eigenvalue weighted by Gasteiger charge is 2.35. The SMILES string of the molecule is CCCCCCC(N)(CCCCCC)c1nc(Nc2ccc(C(F)(F)F)nc2)c2ccc(-c3ncccc3C(F)(F)F)cc2n1. The molecule has 0 unspecified atom stereocenters. The van der Waals surface area contributed by atoms with Crippen LogP contribution in [0.25, 0.3) is 22.2 Å². The predicted molar refractivity (Wildman–Crippen MR) is 164 cm³/mol. The topological polar surface area (TPSA) is 89.6 Å². The molecule has 0 aliphatic rings. The van der Waals surface area contributed by atoms with Gasteiger partial charge in [-0.2, -0.15) is 26.3 Å². The highest BCUT2D eigenvalue weighted by Crippen LogP contribution is 2.38. The third-order valence-electron chi connectivity index (χ3n) is 7.80. The van der Waals surface area contributed by atoms with E-state index in [2.05, 4.69) is 29.1 Å². The quantitative estimate of drug-likeness (QED) is 0.106. The van der Waals surface area contributed by atoms with E-state index in [9.17, 15) is 26.3 Å². The Bertz CT molecular complexity index is 1540. The molecule has 0 amide bonds. The molecule has 0 spiro atoms. The van der Waals surface area contributed by atoms with Gasteiger partial charge in [0.05, 0.1) is 34.2 Å². The summed E-state index contributed by atoms with van der Waals surface area (Å²) in [5.41, 5.74) is 4.77. The standard InChI is InChI=1S/C33H38F6N6/c1-3-5-7-9-17-31(40,18-10-8-6-4-2)30-44-26-20-22(28-25(32(34,35)36)12-11-19-41-28)13-15-24(26)29(45-30)43-23-14-16-27(42-21-23)33(37,38)39/h11-16,19-21H,3-10,17-18,40H2,1-2H3,(H,43,44,45). The van der Waals surface area contributed by atoms with Gasteiger partial charge in [-0.15, -0.1) is 0 Å². The molecule has 3 aromatic heterocycles. The van der Waals surface area contributed by atoms with E-state index in [4.69, 9.17) is 15.7 Å². The Labute approximate surface area is 258 Å². The lowest BCUT2D eigenvalue weighted by molar-refractivity contribution is -0.141. The Morgan fingerprint density at radius 2 is 1.44 bits per heavy atom. The number of benzene rings is 1. The lowest BCUT2D eigenvalue weighted by atomic mass is 9.86. The van der Waals surface area contributed by atoms with Crippen LogP contribution in [-0.4, -0.2) is 19.9 Å².